The predicted octanol–water partition coefficient (Wildman–Crippen LogP) is 2.72. The Bertz CT molecular complexity index is 339. The number of allylic oxidation sites excluding steroid dienone is 2. The van der Waals surface area contributed by atoms with Crippen LogP contribution in [0.3, 0.4) is 0 Å². The minimum Gasteiger partial charge on any atom is -0.338 e. The maximum absolute atomic E-state index is 12.7. The van der Waals surface area contributed by atoms with Crippen molar-refractivity contribution in [1.82, 2.24) is 10.2 Å². The van der Waals surface area contributed by atoms with Gasteiger partial charge in [-0.05, 0) is 51.0 Å². The number of hydrogen-bond donors (Lipinski definition) is 1. The molecule has 1 heterocycles. The molecule has 1 saturated heterocycles. The van der Waals surface area contributed by atoms with E-state index in [1.165, 1.54) is 0 Å². The van der Waals surface area contributed by atoms with Gasteiger partial charge in [0.05, 0.1) is 6.04 Å². The molecule has 1 unspecified atom stereocenters. The number of likely N-dealkylation sites (N-methyl/N-ethyl adjacent to an activating group) is 1. The van der Waals surface area contributed by atoms with E-state index in [2.05, 4.69) is 36.2 Å². The lowest BCUT2D eigenvalue weighted by molar-refractivity contribution is -0.136. The van der Waals surface area contributed by atoms with Crippen LogP contribution in [0.15, 0.2) is 12.2 Å². The highest BCUT2D eigenvalue weighted by molar-refractivity contribution is 5.82. The lowest BCUT2D eigenvalue weighted by Gasteiger charge is -2.36. The number of likely N-dealkylation sites (tertiary alicyclic amines) is 1. The zero-order valence-electron chi connectivity index (χ0n) is 12.6. The Morgan fingerprint density at radius 1 is 1.21 bits per heavy atom. The molecule has 1 fully saturated rings. The molecule has 1 aliphatic heterocycles. The molecular weight excluding hydrogens is 236 g/mol. The van der Waals surface area contributed by atoms with Gasteiger partial charge < -0.3 is 10.2 Å². The Morgan fingerprint density at radius 3 is 2.42 bits per heavy atom. The number of amides is 1. The van der Waals surface area contributed by atoms with Crippen molar-refractivity contribution in [2.24, 2.45) is 5.41 Å². The normalized spacial score (nSPS) is 29.1. The van der Waals surface area contributed by atoms with Crippen molar-refractivity contribution in [3.8, 4) is 0 Å². The zero-order chi connectivity index (χ0) is 13.9. The van der Waals surface area contributed by atoms with Crippen molar-refractivity contribution in [3.63, 3.8) is 0 Å². The van der Waals surface area contributed by atoms with Crippen LogP contribution in [0.25, 0.3) is 0 Å². The quantitative estimate of drug-likeness (QED) is 0.778. The smallest absolute Gasteiger partial charge is 0.239 e. The van der Waals surface area contributed by atoms with Crippen molar-refractivity contribution in [2.75, 3.05) is 13.6 Å². The number of carbonyl (C=O) groups excluding carboxylic acids is 1. The van der Waals surface area contributed by atoms with Gasteiger partial charge in [0.2, 0.25) is 5.91 Å². The monoisotopic (exact) mass is 264 g/mol. The fraction of sp³-hybridized carbons (Fsp3) is 0.812. The molecule has 1 amide bonds. The summed E-state index contributed by atoms with van der Waals surface area (Å²) >= 11 is 0. The average molecular weight is 264 g/mol. The summed E-state index contributed by atoms with van der Waals surface area (Å²) in [6.07, 6.45) is 11.1. The first kappa shape index (κ1) is 14.6. The number of hydrogen-bond acceptors (Lipinski definition) is 2. The average Bonchev–Trinajstić information content (AvgIpc) is 2.69. The van der Waals surface area contributed by atoms with E-state index in [9.17, 15) is 4.79 Å². The van der Waals surface area contributed by atoms with Gasteiger partial charge in [0.1, 0.15) is 0 Å². The minimum absolute atomic E-state index is 0.0120. The van der Waals surface area contributed by atoms with Gasteiger partial charge in [0.15, 0.2) is 0 Å². The third-order valence-corrected chi connectivity index (χ3v) is 4.58. The molecule has 3 heteroatoms. The third kappa shape index (κ3) is 3.59. The Balaban J connectivity index is 2.15. The molecular formula is C16H28N2O. The van der Waals surface area contributed by atoms with E-state index < -0.39 is 0 Å². The lowest BCUT2D eigenvalue weighted by atomic mass is 9.87. The summed E-state index contributed by atoms with van der Waals surface area (Å²) < 4.78 is 0. The predicted molar refractivity (Wildman–Crippen MR) is 79.0 cm³/mol. The van der Waals surface area contributed by atoms with Crippen molar-refractivity contribution in [1.29, 1.82) is 0 Å². The molecule has 0 saturated carbocycles. The van der Waals surface area contributed by atoms with Crippen LogP contribution in [-0.2, 0) is 4.79 Å². The van der Waals surface area contributed by atoms with E-state index in [1.807, 2.05) is 7.05 Å². The zero-order valence-corrected chi connectivity index (χ0v) is 12.6. The molecule has 1 N–H and O–H groups in total. The SMILES string of the molecule is CNC1CCC(C)(C)CN(C2CCC=CCC2)C1=O. The number of carbonyl (C=O) groups is 1. The van der Waals surface area contributed by atoms with E-state index in [-0.39, 0.29) is 11.5 Å². The van der Waals surface area contributed by atoms with Crippen LogP contribution in [0.1, 0.15) is 52.4 Å². The van der Waals surface area contributed by atoms with Crippen LogP contribution in [-0.4, -0.2) is 36.5 Å². The van der Waals surface area contributed by atoms with Gasteiger partial charge in [-0.25, -0.2) is 0 Å². The molecule has 0 aromatic rings. The number of nitrogens with zero attached hydrogens (tertiary/aromatic N) is 1. The van der Waals surface area contributed by atoms with Crippen LogP contribution in [0.4, 0.5) is 0 Å². The summed E-state index contributed by atoms with van der Waals surface area (Å²) in [5.41, 5.74) is 0.237. The van der Waals surface area contributed by atoms with Crippen LogP contribution >= 0.6 is 0 Å². The molecule has 0 aromatic heterocycles. The molecule has 0 radical (unpaired) electrons. The summed E-state index contributed by atoms with van der Waals surface area (Å²) in [6, 6.07) is 0.439. The standard InChI is InChI=1S/C16H28N2O/c1-16(2)11-10-14(17-3)15(19)18(12-16)13-8-6-4-5-7-9-13/h4-5,13-14,17H,6-12H2,1-3H3. The fourth-order valence-corrected chi connectivity index (χ4v) is 3.32. The fourth-order valence-electron chi connectivity index (χ4n) is 3.32. The highest BCUT2D eigenvalue weighted by Gasteiger charge is 2.36. The molecule has 19 heavy (non-hydrogen) atoms. The van der Waals surface area contributed by atoms with Crippen molar-refractivity contribution in [2.45, 2.75) is 64.5 Å². The van der Waals surface area contributed by atoms with Crippen molar-refractivity contribution < 1.29 is 4.79 Å². The van der Waals surface area contributed by atoms with Gasteiger partial charge in [-0.1, -0.05) is 26.0 Å². The lowest BCUT2D eigenvalue weighted by Crippen LogP contribution is -2.49. The van der Waals surface area contributed by atoms with Crippen molar-refractivity contribution >= 4 is 5.91 Å². The van der Waals surface area contributed by atoms with E-state index >= 15 is 0 Å². The molecule has 2 rings (SSSR count). The van der Waals surface area contributed by atoms with E-state index in [4.69, 9.17) is 0 Å². The maximum Gasteiger partial charge on any atom is 0.239 e. The molecule has 0 spiro atoms. The van der Waals surface area contributed by atoms with E-state index in [0.29, 0.717) is 11.9 Å². The highest BCUT2D eigenvalue weighted by atomic mass is 16.2. The van der Waals surface area contributed by atoms with Gasteiger partial charge in [0.25, 0.3) is 0 Å². The first-order valence-corrected chi connectivity index (χ1v) is 7.66. The van der Waals surface area contributed by atoms with Gasteiger partial charge >= 0.3 is 0 Å². The summed E-state index contributed by atoms with van der Waals surface area (Å²) in [5.74, 6) is 0.319. The topological polar surface area (TPSA) is 32.3 Å². The van der Waals surface area contributed by atoms with Gasteiger partial charge in [-0.3, -0.25) is 4.79 Å². The van der Waals surface area contributed by atoms with Crippen LogP contribution in [0, 0.1) is 5.41 Å². The van der Waals surface area contributed by atoms with E-state index in [1.54, 1.807) is 0 Å². The first-order chi connectivity index (χ1) is 9.03. The van der Waals surface area contributed by atoms with Crippen molar-refractivity contribution in [3.05, 3.63) is 12.2 Å². The van der Waals surface area contributed by atoms with Crippen LogP contribution < -0.4 is 5.32 Å². The summed E-state index contributed by atoms with van der Waals surface area (Å²) in [4.78, 5) is 14.9. The molecule has 3 nitrogen and oxygen atoms in total. The second-order valence-electron chi connectivity index (χ2n) is 6.79. The molecule has 2 aliphatic rings. The van der Waals surface area contributed by atoms with Gasteiger partial charge in [-0.2, -0.15) is 0 Å². The molecule has 1 atom stereocenters. The summed E-state index contributed by atoms with van der Waals surface area (Å²) in [5, 5.41) is 3.21. The first-order valence-electron chi connectivity index (χ1n) is 7.66. The highest BCUT2D eigenvalue weighted by Crippen LogP contribution is 2.32. The van der Waals surface area contributed by atoms with E-state index in [0.717, 1.165) is 45.1 Å². The Kier molecular flexibility index (Phi) is 4.67. The molecule has 0 aromatic carbocycles. The minimum atomic E-state index is 0.0120. The van der Waals surface area contributed by atoms with Crippen LogP contribution in [0.5, 0.6) is 0 Å². The Hall–Kier alpha value is -0.830. The Morgan fingerprint density at radius 2 is 1.84 bits per heavy atom. The van der Waals surface area contributed by atoms with Crippen LogP contribution in [0.2, 0.25) is 0 Å². The molecule has 1 aliphatic carbocycles. The molecule has 0 bridgehead atoms. The van der Waals surface area contributed by atoms with Gasteiger partial charge in [-0.15, -0.1) is 0 Å². The second-order valence-corrected chi connectivity index (χ2v) is 6.79. The third-order valence-electron chi connectivity index (χ3n) is 4.58. The maximum atomic E-state index is 12.7. The Labute approximate surface area is 117 Å². The summed E-state index contributed by atoms with van der Waals surface area (Å²) in [6.45, 7) is 5.50. The largest absolute Gasteiger partial charge is 0.338 e. The summed E-state index contributed by atoms with van der Waals surface area (Å²) in [7, 11) is 1.91. The second kappa shape index (κ2) is 6.08. The molecule has 108 valence electrons. The number of nitrogens with one attached hydrogen (secondary N) is 1. The van der Waals surface area contributed by atoms with Gasteiger partial charge in [0, 0.05) is 12.6 Å². The number of rotatable bonds is 2.